The Balaban J connectivity index is 1.64. The van der Waals surface area contributed by atoms with Gasteiger partial charge in [-0.1, -0.05) is 18.2 Å². The van der Waals surface area contributed by atoms with E-state index in [-0.39, 0.29) is 17.2 Å². The molecule has 0 saturated heterocycles. The first-order chi connectivity index (χ1) is 12.8. The maximum absolute atomic E-state index is 13.8. The summed E-state index contributed by atoms with van der Waals surface area (Å²) in [6.45, 7) is 0. The van der Waals surface area contributed by atoms with Crippen molar-refractivity contribution in [2.24, 2.45) is 0 Å². The molecule has 0 fully saturated rings. The van der Waals surface area contributed by atoms with E-state index in [0.29, 0.717) is 24.6 Å². The molecule has 0 bridgehead atoms. The summed E-state index contributed by atoms with van der Waals surface area (Å²) in [4.78, 5) is 4.24. The van der Waals surface area contributed by atoms with Crippen LogP contribution in [0.25, 0.3) is 12.2 Å². The number of aromatic nitrogens is 1. The Kier molecular flexibility index (Phi) is 5.30. The minimum absolute atomic E-state index is 0.00634. The summed E-state index contributed by atoms with van der Waals surface area (Å²) >= 11 is 0. The Morgan fingerprint density at radius 1 is 1.00 bits per heavy atom. The van der Waals surface area contributed by atoms with E-state index in [0.717, 1.165) is 17.7 Å². The average molecular weight is 377 g/mol. The molecule has 3 nitrogen and oxygen atoms in total. The fourth-order valence-corrected chi connectivity index (χ4v) is 2.45. The molecule has 3 aromatic rings. The zero-order valence-corrected chi connectivity index (χ0v) is 14.0. The molecule has 0 aliphatic rings. The lowest BCUT2D eigenvalue weighted by Gasteiger charge is -2.07. The third-order valence-electron chi connectivity index (χ3n) is 3.91. The molecular formula is C20H15F4NO2. The third-order valence-corrected chi connectivity index (χ3v) is 3.91. The monoisotopic (exact) mass is 377 g/mol. The number of hydrogen-bond donors (Lipinski definition) is 1. The van der Waals surface area contributed by atoms with E-state index in [4.69, 9.17) is 4.42 Å². The molecule has 0 amide bonds. The first-order valence-corrected chi connectivity index (χ1v) is 8.08. The number of aromatic hydroxyl groups is 1. The van der Waals surface area contributed by atoms with Crippen LogP contribution in [0.3, 0.4) is 0 Å². The van der Waals surface area contributed by atoms with Crippen LogP contribution in [-0.2, 0) is 19.0 Å². The Morgan fingerprint density at radius 2 is 1.74 bits per heavy atom. The van der Waals surface area contributed by atoms with E-state index >= 15 is 0 Å². The van der Waals surface area contributed by atoms with Gasteiger partial charge in [0.2, 0.25) is 5.89 Å². The minimum Gasteiger partial charge on any atom is -0.508 e. The SMILES string of the molecule is Oc1ccc(CCc2coc(/C=C/c3ccc(C(F)(F)F)cc3F)n2)cc1. The molecular weight excluding hydrogens is 362 g/mol. The Labute approximate surface area is 152 Å². The normalized spacial score (nSPS) is 12.0. The van der Waals surface area contributed by atoms with Gasteiger partial charge in [0.15, 0.2) is 0 Å². The molecule has 1 aromatic heterocycles. The number of hydrogen-bond acceptors (Lipinski definition) is 3. The molecule has 27 heavy (non-hydrogen) atoms. The quantitative estimate of drug-likeness (QED) is 0.598. The van der Waals surface area contributed by atoms with Crippen molar-refractivity contribution < 1.29 is 27.1 Å². The molecule has 0 unspecified atom stereocenters. The highest BCUT2D eigenvalue weighted by Gasteiger charge is 2.30. The van der Waals surface area contributed by atoms with Crippen LogP contribution < -0.4 is 0 Å². The summed E-state index contributed by atoms with van der Waals surface area (Å²) in [5.41, 5.74) is 0.687. The maximum atomic E-state index is 13.8. The Hall–Kier alpha value is -3.09. The second kappa shape index (κ2) is 7.65. The van der Waals surface area contributed by atoms with E-state index < -0.39 is 17.6 Å². The summed E-state index contributed by atoms with van der Waals surface area (Å²) in [5, 5.41) is 9.26. The second-order valence-electron chi connectivity index (χ2n) is 5.91. The topological polar surface area (TPSA) is 46.3 Å². The molecule has 1 N–H and O–H groups in total. The second-order valence-corrected chi connectivity index (χ2v) is 5.91. The summed E-state index contributed by atoms with van der Waals surface area (Å²) in [6.07, 6.45) is 0.905. The van der Waals surface area contributed by atoms with Gasteiger partial charge < -0.3 is 9.52 Å². The summed E-state index contributed by atoms with van der Waals surface area (Å²) < 4.78 is 56.7. The number of phenols is 1. The number of phenolic OH excluding ortho intramolecular Hbond substituents is 1. The van der Waals surface area contributed by atoms with Crippen molar-refractivity contribution in [2.75, 3.05) is 0 Å². The molecule has 140 valence electrons. The number of nitrogens with zero attached hydrogens (tertiary/aromatic N) is 1. The van der Waals surface area contributed by atoms with Crippen LogP contribution in [-0.4, -0.2) is 10.1 Å². The highest BCUT2D eigenvalue weighted by atomic mass is 19.4. The van der Waals surface area contributed by atoms with Gasteiger partial charge in [-0.2, -0.15) is 13.2 Å². The van der Waals surface area contributed by atoms with Gasteiger partial charge in [-0.25, -0.2) is 9.37 Å². The number of aryl methyl sites for hydroxylation is 2. The van der Waals surface area contributed by atoms with Crippen molar-refractivity contribution in [3.05, 3.63) is 82.8 Å². The lowest BCUT2D eigenvalue weighted by molar-refractivity contribution is -0.137. The number of oxazole rings is 1. The van der Waals surface area contributed by atoms with Crippen molar-refractivity contribution in [1.82, 2.24) is 4.98 Å². The highest BCUT2D eigenvalue weighted by Crippen LogP contribution is 2.30. The van der Waals surface area contributed by atoms with E-state index in [1.807, 2.05) is 12.1 Å². The largest absolute Gasteiger partial charge is 0.508 e. The fraction of sp³-hybridized carbons (Fsp3) is 0.150. The summed E-state index contributed by atoms with van der Waals surface area (Å²) in [7, 11) is 0. The van der Waals surface area contributed by atoms with Gasteiger partial charge in [0.25, 0.3) is 0 Å². The van der Waals surface area contributed by atoms with Gasteiger partial charge >= 0.3 is 6.18 Å². The molecule has 1 heterocycles. The van der Waals surface area contributed by atoms with Gasteiger partial charge in [0, 0.05) is 11.6 Å². The maximum Gasteiger partial charge on any atom is 0.416 e. The van der Waals surface area contributed by atoms with Crippen LogP contribution in [0.4, 0.5) is 17.6 Å². The van der Waals surface area contributed by atoms with Crippen molar-refractivity contribution in [1.29, 1.82) is 0 Å². The van der Waals surface area contributed by atoms with Gasteiger partial charge in [0.05, 0.1) is 11.3 Å². The molecule has 0 radical (unpaired) electrons. The first kappa shape index (κ1) is 18.7. The molecule has 0 atom stereocenters. The number of rotatable bonds is 5. The Bertz CT molecular complexity index is 943. The van der Waals surface area contributed by atoms with Crippen LogP contribution >= 0.6 is 0 Å². The third kappa shape index (κ3) is 4.97. The molecule has 0 spiro atoms. The standard InChI is InChI=1S/C20H15F4NO2/c21-18-11-15(20(22,23)24)6-4-14(18)5-10-19-25-16(12-27-19)7-1-13-2-8-17(26)9-3-13/h2-6,8-12,26H,1,7H2/b10-5+. The predicted octanol–water partition coefficient (Wildman–Crippen LogP) is 5.49. The van der Waals surface area contributed by atoms with E-state index in [9.17, 15) is 22.7 Å². The van der Waals surface area contributed by atoms with E-state index in [2.05, 4.69) is 4.98 Å². The molecule has 3 rings (SSSR count). The predicted molar refractivity (Wildman–Crippen MR) is 92.3 cm³/mol. The van der Waals surface area contributed by atoms with Crippen molar-refractivity contribution >= 4 is 12.2 Å². The summed E-state index contributed by atoms with van der Waals surface area (Å²) in [5.74, 6) is -0.543. The van der Waals surface area contributed by atoms with Crippen LogP contribution in [0, 0.1) is 5.82 Å². The first-order valence-electron chi connectivity index (χ1n) is 8.08. The lowest BCUT2D eigenvalue weighted by Crippen LogP contribution is -2.05. The van der Waals surface area contributed by atoms with Gasteiger partial charge in [-0.05, 0) is 48.7 Å². The van der Waals surface area contributed by atoms with Crippen molar-refractivity contribution in [3.8, 4) is 5.75 Å². The minimum atomic E-state index is -4.59. The number of alkyl halides is 3. The molecule has 7 heteroatoms. The smallest absolute Gasteiger partial charge is 0.416 e. The lowest BCUT2D eigenvalue weighted by atomic mass is 10.1. The Morgan fingerprint density at radius 3 is 2.41 bits per heavy atom. The van der Waals surface area contributed by atoms with E-state index in [1.165, 1.54) is 18.4 Å². The zero-order valence-electron chi connectivity index (χ0n) is 14.0. The summed E-state index contributed by atoms with van der Waals surface area (Å²) in [6, 6.07) is 9.16. The zero-order chi connectivity index (χ0) is 19.4. The van der Waals surface area contributed by atoms with Crippen LogP contribution in [0.2, 0.25) is 0 Å². The van der Waals surface area contributed by atoms with Crippen molar-refractivity contribution in [2.45, 2.75) is 19.0 Å². The van der Waals surface area contributed by atoms with Crippen molar-refractivity contribution in [3.63, 3.8) is 0 Å². The van der Waals surface area contributed by atoms with Gasteiger partial charge in [0.1, 0.15) is 17.8 Å². The van der Waals surface area contributed by atoms with Gasteiger partial charge in [-0.3, -0.25) is 0 Å². The molecule has 0 aliphatic heterocycles. The number of benzene rings is 2. The molecule has 0 saturated carbocycles. The molecule has 2 aromatic carbocycles. The van der Waals surface area contributed by atoms with E-state index in [1.54, 1.807) is 12.1 Å². The average Bonchev–Trinajstić information content (AvgIpc) is 3.07. The number of halogens is 4. The van der Waals surface area contributed by atoms with Crippen LogP contribution in [0.15, 0.2) is 53.1 Å². The van der Waals surface area contributed by atoms with Crippen LogP contribution in [0.5, 0.6) is 5.75 Å². The fourth-order valence-electron chi connectivity index (χ4n) is 2.45. The molecule has 0 aliphatic carbocycles. The van der Waals surface area contributed by atoms with Gasteiger partial charge in [-0.15, -0.1) is 0 Å². The highest BCUT2D eigenvalue weighted by molar-refractivity contribution is 5.66. The van der Waals surface area contributed by atoms with Crippen LogP contribution in [0.1, 0.15) is 28.3 Å².